The van der Waals surface area contributed by atoms with E-state index in [2.05, 4.69) is 5.32 Å². The molecule has 5 nitrogen and oxygen atoms in total. The van der Waals surface area contributed by atoms with Crippen molar-refractivity contribution >= 4 is 23.4 Å². The molecule has 1 saturated carbocycles. The van der Waals surface area contributed by atoms with Gasteiger partial charge in [0.05, 0.1) is 24.5 Å². The molecule has 25 heavy (non-hydrogen) atoms. The molecule has 1 aromatic rings. The van der Waals surface area contributed by atoms with Crippen LogP contribution >= 0.6 is 11.6 Å². The minimum Gasteiger partial charge on any atom is -0.495 e. The van der Waals surface area contributed by atoms with Crippen LogP contribution in [0.1, 0.15) is 31.2 Å². The van der Waals surface area contributed by atoms with E-state index in [-0.39, 0.29) is 23.1 Å². The number of carbonyl (C=O) groups excluding carboxylic acids is 2. The Hall–Kier alpha value is -1.75. The highest BCUT2D eigenvalue weighted by molar-refractivity contribution is 6.32. The minimum absolute atomic E-state index is 0.0344. The third-order valence-corrected chi connectivity index (χ3v) is 6.03. The first-order chi connectivity index (χ1) is 12.0. The Morgan fingerprint density at radius 3 is 2.68 bits per heavy atom. The highest BCUT2D eigenvalue weighted by Crippen LogP contribution is 2.49. The maximum Gasteiger partial charge on any atom is 0.227 e. The average molecular weight is 365 g/mol. The number of rotatable bonds is 4. The molecule has 1 spiro atoms. The zero-order valence-corrected chi connectivity index (χ0v) is 15.6. The number of nitrogens with one attached hydrogen (secondary N) is 1. The summed E-state index contributed by atoms with van der Waals surface area (Å²) in [6.45, 7) is 1.20. The molecule has 0 unspecified atom stereocenters. The van der Waals surface area contributed by atoms with Crippen LogP contribution < -0.4 is 10.1 Å². The Morgan fingerprint density at radius 2 is 2.08 bits per heavy atom. The SMILES string of the molecule is CNC(=O)[C@H]1CN(C(=O)Cc2ccc(OC)c(Cl)c2)CC12CCCC2. The molecule has 1 saturated heterocycles. The van der Waals surface area contributed by atoms with Crippen molar-refractivity contribution in [1.29, 1.82) is 0 Å². The van der Waals surface area contributed by atoms with E-state index in [9.17, 15) is 9.59 Å². The van der Waals surface area contributed by atoms with Crippen LogP contribution in [0.2, 0.25) is 5.02 Å². The summed E-state index contributed by atoms with van der Waals surface area (Å²) in [5.41, 5.74) is 0.826. The van der Waals surface area contributed by atoms with Gasteiger partial charge in [-0.15, -0.1) is 0 Å². The van der Waals surface area contributed by atoms with Gasteiger partial charge in [0.15, 0.2) is 0 Å². The number of hydrogen-bond acceptors (Lipinski definition) is 3. The maximum atomic E-state index is 12.8. The first-order valence-corrected chi connectivity index (χ1v) is 9.19. The molecule has 6 heteroatoms. The minimum atomic E-state index is -0.0941. The van der Waals surface area contributed by atoms with Crippen molar-refractivity contribution in [2.45, 2.75) is 32.1 Å². The number of benzene rings is 1. The van der Waals surface area contributed by atoms with Crippen molar-refractivity contribution in [2.75, 3.05) is 27.2 Å². The van der Waals surface area contributed by atoms with Crippen molar-refractivity contribution in [3.63, 3.8) is 0 Å². The molecule has 0 aromatic heterocycles. The van der Waals surface area contributed by atoms with Crippen LogP contribution in [-0.2, 0) is 16.0 Å². The van der Waals surface area contributed by atoms with Crippen molar-refractivity contribution in [2.24, 2.45) is 11.3 Å². The number of likely N-dealkylation sites (tertiary alicyclic amines) is 1. The Labute approximate surface area is 153 Å². The van der Waals surface area contributed by atoms with Crippen molar-refractivity contribution < 1.29 is 14.3 Å². The molecule has 1 heterocycles. The second-order valence-electron chi connectivity index (χ2n) is 7.16. The molecular formula is C19H25ClN2O3. The monoisotopic (exact) mass is 364 g/mol. The summed E-state index contributed by atoms with van der Waals surface area (Å²) in [4.78, 5) is 27.0. The zero-order valence-electron chi connectivity index (χ0n) is 14.8. The van der Waals surface area contributed by atoms with Crippen LogP contribution in [0.15, 0.2) is 18.2 Å². The summed E-state index contributed by atoms with van der Waals surface area (Å²) >= 11 is 6.15. The lowest BCUT2D eigenvalue weighted by Gasteiger charge is -2.28. The summed E-state index contributed by atoms with van der Waals surface area (Å²) in [5, 5.41) is 3.28. The standard InChI is InChI=1S/C19H25ClN2O3/c1-21-18(24)14-11-22(12-19(14)7-3-4-8-19)17(23)10-13-5-6-16(25-2)15(20)9-13/h5-6,9,14H,3-4,7-8,10-12H2,1-2H3,(H,21,24)/t14-/m1/s1. The van der Waals surface area contributed by atoms with Gasteiger partial charge in [-0.3, -0.25) is 9.59 Å². The third kappa shape index (κ3) is 3.47. The molecule has 2 aliphatic rings. The Bertz CT molecular complexity index is 671. The molecule has 0 radical (unpaired) electrons. The maximum absolute atomic E-state index is 12.8. The lowest BCUT2D eigenvalue weighted by molar-refractivity contribution is -0.130. The van der Waals surface area contributed by atoms with Gasteiger partial charge in [-0.25, -0.2) is 0 Å². The van der Waals surface area contributed by atoms with Gasteiger partial charge in [-0.05, 0) is 30.5 Å². The van der Waals surface area contributed by atoms with Crippen LogP contribution in [0.25, 0.3) is 0 Å². The number of carbonyl (C=O) groups is 2. The first-order valence-electron chi connectivity index (χ1n) is 8.81. The van der Waals surface area contributed by atoms with E-state index in [1.165, 1.54) is 0 Å². The van der Waals surface area contributed by atoms with Crippen LogP contribution in [-0.4, -0.2) is 44.0 Å². The number of methoxy groups -OCH3 is 1. The predicted molar refractivity (Wildman–Crippen MR) is 96.7 cm³/mol. The molecule has 1 aromatic carbocycles. The summed E-state index contributed by atoms with van der Waals surface area (Å²) in [7, 11) is 3.24. The van der Waals surface area contributed by atoms with Gasteiger partial charge in [0, 0.05) is 25.6 Å². The highest BCUT2D eigenvalue weighted by Gasteiger charge is 2.51. The second kappa shape index (κ2) is 7.24. The smallest absolute Gasteiger partial charge is 0.227 e. The molecule has 2 fully saturated rings. The van der Waals surface area contributed by atoms with Crippen LogP contribution in [0.5, 0.6) is 5.75 Å². The fourth-order valence-corrected chi connectivity index (χ4v) is 4.67. The summed E-state index contributed by atoms with van der Waals surface area (Å²) < 4.78 is 5.15. The Morgan fingerprint density at radius 1 is 1.36 bits per heavy atom. The van der Waals surface area contributed by atoms with Gasteiger partial charge >= 0.3 is 0 Å². The fraction of sp³-hybridized carbons (Fsp3) is 0.579. The van der Waals surface area contributed by atoms with E-state index >= 15 is 0 Å². The summed E-state index contributed by atoms with van der Waals surface area (Å²) in [6, 6.07) is 5.41. The van der Waals surface area contributed by atoms with E-state index in [1.807, 2.05) is 11.0 Å². The highest BCUT2D eigenvalue weighted by atomic mass is 35.5. The van der Waals surface area contributed by atoms with E-state index < -0.39 is 0 Å². The largest absolute Gasteiger partial charge is 0.495 e. The van der Waals surface area contributed by atoms with Crippen LogP contribution in [0, 0.1) is 11.3 Å². The van der Waals surface area contributed by atoms with Crippen molar-refractivity contribution in [3.8, 4) is 5.75 Å². The number of ether oxygens (including phenoxy) is 1. The zero-order chi connectivity index (χ0) is 18.0. The van der Waals surface area contributed by atoms with Gasteiger partial charge in [0.2, 0.25) is 11.8 Å². The van der Waals surface area contributed by atoms with Gasteiger partial charge in [-0.1, -0.05) is 30.5 Å². The van der Waals surface area contributed by atoms with Crippen molar-refractivity contribution in [1.82, 2.24) is 10.2 Å². The van der Waals surface area contributed by atoms with E-state index in [0.717, 1.165) is 31.2 Å². The molecule has 136 valence electrons. The Kier molecular flexibility index (Phi) is 5.23. The molecule has 3 rings (SSSR count). The van der Waals surface area contributed by atoms with Crippen molar-refractivity contribution in [3.05, 3.63) is 28.8 Å². The van der Waals surface area contributed by atoms with Gasteiger partial charge in [0.1, 0.15) is 5.75 Å². The molecular weight excluding hydrogens is 340 g/mol. The fourth-order valence-electron chi connectivity index (χ4n) is 4.39. The molecule has 2 amide bonds. The van der Waals surface area contributed by atoms with Crippen LogP contribution in [0.3, 0.4) is 0 Å². The predicted octanol–water partition coefficient (Wildman–Crippen LogP) is 2.66. The van der Waals surface area contributed by atoms with E-state index in [0.29, 0.717) is 30.3 Å². The van der Waals surface area contributed by atoms with Gasteiger partial charge < -0.3 is 15.0 Å². The number of nitrogens with zero attached hydrogens (tertiary/aromatic N) is 1. The van der Waals surface area contributed by atoms with E-state index in [1.54, 1.807) is 26.3 Å². The second-order valence-corrected chi connectivity index (χ2v) is 7.56. The van der Waals surface area contributed by atoms with E-state index in [4.69, 9.17) is 16.3 Å². The normalized spacial score (nSPS) is 21.6. The Balaban J connectivity index is 1.72. The molecule has 1 aliphatic carbocycles. The lowest BCUT2D eigenvalue weighted by Crippen LogP contribution is -2.38. The summed E-state index contributed by atoms with van der Waals surface area (Å²) in [5.74, 6) is 0.621. The number of halogens is 1. The number of hydrogen-bond donors (Lipinski definition) is 1. The molecule has 1 N–H and O–H groups in total. The number of amides is 2. The average Bonchev–Trinajstić information content (AvgIpc) is 3.22. The lowest BCUT2D eigenvalue weighted by atomic mass is 9.76. The summed E-state index contributed by atoms with van der Waals surface area (Å²) in [6.07, 6.45) is 4.64. The molecule has 1 atom stereocenters. The third-order valence-electron chi connectivity index (χ3n) is 5.73. The van der Waals surface area contributed by atoms with Crippen LogP contribution in [0.4, 0.5) is 0 Å². The first kappa shape index (κ1) is 18.1. The quantitative estimate of drug-likeness (QED) is 0.893. The van der Waals surface area contributed by atoms with Gasteiger partial charge in [0.25, 0.3) is 0 Å². The molecule has 0 bridgehead atoms. The topological polar surface area (TPSA) is 58.6 Å². The molecule has 1 aliphatic heterocycles. The van der Waals surface area contributed by atoms with Gasteiger partial charge in [-0.2, -0.15) is 0 Å².